The third kappa shape index (κ3) is 2.36. The van der Waals surface area contributed by atoms with Crippen LogP contribution in [0, 0.1) is 0 Å². The molecular weight excluding hydrogens is 332 g/mol. The minimum atomic E-state index is -3.85. The molecule has 0 radical (unpaired) electrons. The summed E-state index contributed by atoms with van der Waals surface area (Å²) in [4.78, 5) is -0.0364. The maximum absolute atomic E-state index is 12.7. The SMILES string of the molecule is COc1ccc(S(=O)(=O)N2CC(F)(F)C2)cc1Br. The number of sulfonamides is 1. The molecule has 0 unspecified atom stereocenters. The predicted octanol–water partition coefficient (Wildman–Crippen LogP) is 2.10. The van der Waals surface area contributed by atoms with Gasteiger partial charge in [-0.2, -0.15) is 4.31 Å². The van der Waals surface area contributed by atoms with Crippen LogP contribution in [-0.2, 0) is 10.0 Å². The predicted molar refractivity (Wildman–Crippen MR) is 64.4 cm³/mol. The van der Waals surface area contributed by atoms with E-state index in [0.29, 0.717) is 10.2 Å². The average Bonchev–Trinajstić information content (AvgIpc) is 2.25. The molecule has 1 saturated heterocycles. The zero-order valence-electron chi connectivity index (χ0n) is 9.36. The first-order chi connectivity index (χ1) is 8.26. The highest BCUT2D eigenvalue weighted by Gasteiger charge is 2.49. The first-order valence-corrected chi connectivity index (χ1v) is 7.21. The highest BCUT2D eigenvalue weighted by Crippen LogP contribution is 2.34. The second kappa shape index (κ2) is 4.43. The highest BCUT2D eigenvalue weighted by atomic mass is 79.9. The molecule has 1 aliphatic rings. The van der Waals surface area contributed by atoms with Gasteiger partial charge >= 0.3 is 0 Å². The molecule has 1 aromatic rings. The van der Waals surface area contributed by atoms with Gasteiger partial charge in [0.25, 0.3) is 5.92 Å². The highest BCUT2D eigenvalue weighted by molar-refractivity contribution is 9.10. The summed E-state index contributed by atoms with van der Waals surface area (Å²) < 4.78 is 55.5. The van der Waals surface area contributed by atoms with E-state index >= 15 is 0 Å². The van der Waals surface area contributed by atoms with Gasteiger partial charge in [0.05, 0.1) is 29.6 Å². The smallest absolute Gasteiger partial charge is 0.275 e. The fourth-order valence-electron chi connectivity index (χ4n) is 1.60. The lowest BCUT2D eigenvalue weighted by Crippen LogP contribution is -2.58. The molecular formula is C10H10BrF2NO3S. The van der Waals surface area contributed by atoms with E-state index in [2.05, 4.69) is 15.9 Å². The third-order valence-corrected chi connectivity index (χ3v) is 4.98. The van der Waals surface area contributed by atoms with Gasteiger partial charge in [0.15, 0.2) is 0 Å². The Morgan fingerprint density at radius 1 is 1.39 bits per heavy atom. The molecule has 4 nitrogen and oxygen atoms in total. The van der Waals surface area contributed by atoms with E-state index in [1.807, 2.05) is 0 Å². The molecule has 1 aromatic carbocycles. The van der Waals surface area contributed by atoms with Crippen molar-refractivity contribution in [1.29, 1.82) is 0 Å². The standard InChI is InChI=1S/C10H10BrF2NO3S/c1-17-9-3-2-7(4-8(9)11)18(15,16)14-5-10(12,13)6-14/h2-4H,5-6H2,1H3. The van der Waals surface area contributed by atoms with Gasteiger partial charge in [0, 0.05) is 0 Å². The summed E-state index contributed by atoms with van der Waals surface area (Å²) in [6.07, 6.45) is 0. The van der Waals surface area contributed by atoms with Gasteiger partial charge in [-0.1, -0.05) is 0 Å². The first kappa shape index (κ1) is 13.7. The van der Waals surface area contributed by atoms with Crippen molar-refractivity contribution in [3.05, 3.63) is 22.7 Å². The Balaban J connectivity index is 2.29. The molecule has 100 valence electrons. The number of nitrogens with zero attached hydrogens (tertiary/aromatic N) is 1. The lowest BCUT2D eigenvalue weighted by atomic mass is 10.2. The van der Waals surface area contributed by atoms with Crippen LogP contribution < -0.4 is 4.74 Å². The number of halogens is 3. The molecule has 0 atom stereocenters. The van der Waals surface area contributed by atoms with E-state index in [1.165, 1.54) is 25.3 Å². The van der Waals surface area contributed by atoms with Crippen molar-refractivity contribution in [3.8, 4) is 5.75 Å². The first-order valence-electron chi connectivity index (χ1n) is 4.98. The minimum Gasteiger partial charge on any atom is -0.496 e. The van der Waals surface area contributed by atoms with Crippen molar-refractivity contribution in [2.24, 2.45) is 0 Å². The monoisotopic (exact) mass is 341 g/mol. The number of rotatable bonds is 3. The Morgan fingerprint density at radius 2 is 2.00 bits per heavy atom. The van der Waals surface area contributed by atoms with Crippen LogP contribution in [0.5, 0.6) is 5.75 Å². The van der Waals surface area contributed by atoms with Crippen molar-refractivity contribution in [1.82, 2.24) is 4.31 Å². The molecule has 0 saturated carbocycles. The molecule has 8 heteroatoms. The molecule has 18 heavy (non-hydrogen) atoms. The normalized spacial score (nSPS) is 19.3. The van der Waals surface area contributed by atoms with Crippen LogP contribution in [0.15, 0.2) is 27.6 Å². The number of methoxy groups -OCH3 is 1. The van der Waals surface area contributed by atoms with E-state index in [4.69, 9.17) is 4.74 Å². The third-order valence-electron chi connectivity index (χ3n) is 2.58. The van der Waals surface area contributed by atoms with Gasteiger partial charge in [-0.15, -0.1) is 0 Å². The van der Waals surface area contributed by atoms with Gasteiger partial charge < -0.3 is 4.74 Å². The number of hydrogen-bond donors (Lipinski definition) is 0. The second-order valence-electron chi connectivity index (χ2n) is 3.93. The minimum absolute atomic E-state index is 0.0364. The number of benzene rings is 1. The van der Waals surface area contributed by atoms with Crippen molar-refractivity contribution in [2.45, 2.75) is 10.8 Å². The lowest BCUT2D eigenvalue weighted by molar-refractivity contribution is -0.0945. The van der Waals surface area contributed by atoms with Crippen LogP contribution in [-0.4, -0.2) is 38.8 Å². The molecule has 0 bridgehead atoms. The Hall–Kier alpha value is -0.730. The van der Waals surface area contributed by atoms with Crippen LogP contribution in [0.25, 0.3) is 0 Å². The van der Waals surface area contributed by atoms with E-state index in [0.717, 1.165) is 4.31 Å². The van der Waals surface area contributed by atoms with Gasteiger partial charge in [-0.05, 0) is 34.1 Å². The molecule has 0 spiro atoms. The van der Waals surface area contributed by atoms with Crippen LogP contribution >= 0.6 is 15.9 Å². The maximum atomic E-state index is 12.7. The Morgan fingerprint density at radius 3 is 2.44 bits per heavy atom. The molecule has 2 rings (SSSR count). The Bertz CT molecular complexity index is 568. The van der Waals surface area contributed by atoms with Crippen LogP contribution in [0.2, 0.25) is 0 Å². The number of ether oxygens (including phenoxy) is 1. The van der Waals surface area contributed by atoms with E-state index in [-0.39, 0.29) is 4.90 Å². The summed E-state index contributed by atoms with van der Waals surface area (Å²) >= 11 is 3.16. The number of alkyl halides is 2. The fourth-order valence-corrected chi connectivity index (χ4v) is 3.81. The lowest BCUT2D eigenvalue weighted by Gasteiger charge is -2.37. The van der Waals surface area contributed by atoms with Crippen molar-refractivity contribution < 1.29 is 21.9 Å². The number of hydrogen-bond acceptors (Lipinski definition) is 3. The van der Waals surface area contributed by atoms with Gasteiger partial charge in [0.1, 0.15) is 5.75 Å². The Labute approximate surface area is 112 Å². The summed E-state index contributed by atoms with van der Waals surface area (Å²) in [6.45, 7) is -1.53. The molecule has 1 fully saturated rings. The molecule has 0 amide bonds. The van der Waals surface area contributed by atoms with Crippen LogP contribution in [0.1, 0.15) is 0 Å². The van der Waals surface area contributed by atoms with E-state index in [9.17, 15) is 17.2 Å². The topological polar surface area (TPSA) is 46.6 Å². The molecule has 0 aromatic heterocycles. The fraction of sp³-hybridized carbons (Fsp3) is 0.400. The summed E-state index contributed by atoms with van der Waals surface area (Å²) in [7, 11) is -2.40. The molecule has 1 aliphatic heterocycles. The van der Waals surface area contributed by atoms with Gasteiger partial charge in [0.2, 0.25) is 10.0 Å². The zero-order chi connectivity index (χ0) is 13.6. The molecule has 0 aliphatic carbocycles. The summed E-state index contributed by atoms with van der Waals surface area (Å²) in [5.41, 5.74) is 0. The second-order valence-corrected chi connectivity index (χ2v) is 6.72. The van der Waals surface area contributed by atoms with Crippen molar-refractivity contribution in [2.75, 3.05) is 20.2 Å². The van der Waals surface area contributed by atoms with E-state index in [1.54, 1.807) is 0 Å². The van der Waals surface area contributed by atoms with Crippen LogP contribution in [0.3, 0.4) is 0 Å². The summed E-state index contributed by atoms with van der Waals surface area (Å²) in [5.74, 6) is -2.44. The summed E-state index contributed by atoms with van der Waals surface area (Å²) in [6, 6.07) is 4.13. The van der Waals surface area contributed by atoms with Gasteiger partial charge in [-0.25, -0.2) is 17.2 Å². The average molecular weight is 342 g/mol. The molecule has 0 N–H and O–H groups in total. The van der Waals surface area contributed by atoms with Gasteiger partial charge in [-0.3, -0.25) is 0 Å². The van der Waals surface area contributed by atoms with E-state index < -0.39 is 29.0 Å². The quantitative estimate of drug-likeness (QED) is 0.845. The van der Waals surface area contributed by atoms with Crippen molar-refractivity contribution in [3.63, 3.8) is 0 Å². The Kier molecular flexibility index (Phi) is 3.37. The zero-order valence-corrected chi connectivity index (χ0v) is 11.8. The van der Waals surface area contributed by atoms with Crippen LogP contribution in [0.4, 0.5) is 8.78 Å². The maximum Gasteiger partial charge on any atom is 0.275 e. The summed E-state index contributed by atoms with van der Waals surface area (Å²) in [5, 5.41) is 0. The molecule has 1 heterocycles. The largest absolute Gasteiger partial charge is 0.496 e. The van der Waals surface area contributed by atoms with Crippen molar-refractivity contribution >= 4 is 26.0 Å².